The van der Waals surface area contributed by atoms with Crippen molar-refractivity contribution >= 4 is 5.78 Å². The topological polar surface area (TPSA) is 43.1 Å². The van der Waals surface area contributed by atoms with Crippen LogP contribution in [0.15, 0.2) is 12.1 Å². The molecule has 0 aliphatic heterocycles. The highest BCUT2D eigenvalue weighted by atomic mass is 19.2. The van der Waals surface area contributed by atoms with Crippen molar-refractivity contribution in [3.8, 4) is 0 Å². The fourth-order valence-corrected chi connectivity index (χ4v) is 1.12. The molecular formula is C10H10F3NO. The molecule has 0 aromatic heterocycles. The van der Waals surface area contributed by atoms with Crippen LogP contribution in [0.5, 0.6) is 0 Å². The first-order chi connectivity index (χ1) is 6.97. The van der Waals surface area contributed by atoms with Crippen LogP contribution in [0.3, 0.4) is 0 Å². The lowest BCUT2D eigenvalue weighted by molar-refractivity contribution is 0.0954. The molecule has 5 heteroatoms. The van der Waals surface area contributed by atoms with E-state index >= 15 is 0 Å². The summed E-state index contributed by atoms with van der Waals surface area (Å²) in [6, 6.07) is 0.0838. The minimum atomic E-state index is -1.39. The molecule has 0 aliphatic carbocycles. The Morgan fingerprint density at radius 1 is 1.40 bits per heavy atom. The van der Waals surface area contributed by atoms with Crippen LogP contribution in [0, 0.1) is 17.5 Å². The van der Waals surface area contributed by atoms with Gasteiger partial charge in [0.25, 0.3) is 0 Å². The van der Waals surface area contributed by atoms with Gasteiger partial charge in [0.05, 0.1) is 11.6 Å². The van der Waals surface area contributed by atoms with Gasteiger partial charge < -0.3 is 5.73 Å². The first-order valence-corrected chi connectivity index (χ1v) is 4.41. The Morgan fingerprint density at radius 2 is 2.00 bits per heavy atom. The minimum Gasteiger partial charge on any atom is -0.321 e. The standard InChI is InChI=1S/C10H10F3NO/c1-2-8(14)10(15)6-3-5(11)4-7(12)9(6)13/h3-4,8H,2,14H2,1H3. The van der Waals surface area contributed by atoms with E-state index < -0.39 is 34.8 Å². The number of rotatable bonds is 3. The fourth-order valence-electron chi connectivity index (χ4n) is 1.12. The van der Waals surface area contributed by atoms with Crippen molar-refractivity contribution in [1.29, 1.82) is 0 Å². The van der Waals surface area contributed by atoms with Gasteiger partial charge in [0.2, 0.25) is 0 Å². The molecule has 0 saturated heterocycles. The molecule has 0 heterocycles. The maximum atomic E-state index is 13.1. The van der Waals surface area contributed by atoms with Gasteiger partial charge in [-0.05, 0) is 12.5 Å². The van der Waals surface area contributed by atoms with Crippen LogP contribution >= 0.6 is 0 Å². The van der Waals surface area contributed by atoms with Crippen molar-refractivity contribution in [2.24, 2.45) is 5.73 Å². The molecule has 0 radical (unpaired) electrons. The number of carbonyl (C=O) groups is 1. The van der Waals surface area contributed by atoms with Crippen LogP contribution in [0.1, 0.15) is 23.7 Å². The van der Waals surface area contributed by atoms with Crippen molar-refractivity contribution in [3.05, 3.63) is 35.1 Å². The number of nitrogens with two attached hydrogens (primary N) is 1. The number of benzene rings is 1. The fraction of sp³-hybridized carbons (Fsp3) is 0.300. The van der Waals surface area contributed by atoms with Gasteiger partial charge in [0.1, 0.15) is 5.82 Å². The van der Waals surface area contributed by atoms with Gasteiger partial charge in [-0.1, -0.05) is 6.92 Å². The summed E-state index contributed by atoms with van der Waals surface area (Å²) in [5.41, 5.74) is 4.72. The number of ketones is 1. The average Bonchev–Trinajstić information content (AvgIpc) is 2.21. The third kappa shape index (κ3) is 2.36. The summed E-state index contributed by atoms with van der Waals surface area (Å²) in [6.07, 6.45) is 0.274. The molecule has 1 rings (SSSR count). The SMILES string of the molecule is CCC(N)C(=O)c1cc(F)cc(F)c1F. The molecule has 0 saturated carbocycles. The molecule has 0 aliphatic rings. The zero-order valence-corrected chi connectivity index (χ0v) is 8.06. The predicted octanol–water partition coefficient (Wildman–Crippen LogP) is 2.02. The summed E-state index contributed by atoms with van der Waals surface area (Å²) in [4.78, 5) is 11.4. The number of carbonyl (C=O) groups excluding carboxylic acids is 1. The summed E-state index contributed by atoms with van der Waals surface area (Å²) in [7, 11) is 0. The molecule has 2 nitrogen and oxygen atoms in total. The van der Waals surface area contributed by atoms with E-state index in [2.05, 4.69) is 0 Å². The third-order valence-electron chi connectivity index (χ3n) is 2.04. The summed E-state index contributed by atoms with van der Waals surface area (Å²) < 4.78 is 38.6. The number of hydrogen-bond acceptors (Lipinski definition) is 2. The second-order valence-electron chi connectivity index (χ2n) is 3.13. The van der Waals surface area contributed by atoms with Gasteiger partial charge in [-0.3, -0.25) is 4.79 Å². The predicted molar refractivity (Wildman–Crippen MR) is 48.9 cm³/mol. The van der Waals surface area contributed by atoms with E-state index in [0.29, 0.717) is 12.1 Å². The molecule has 1 aromatic rings. The Labute approximate surface area is 84.9 Å². The zero-order chi connectivity index (χ0) is 11.6. The summed E-state index contributed by atoms with van der Waals surface area (Å²) in [5, 5.41) is 0. The van der Waals surface area contributed by atoms with Crippen LogP contribution in [0.25, 0.3) is 0 Å². The van der Waals surface area contributed by atoms with Crippen molar-refractivity contribution in [1.82, 2.24) is 0 Å². The van der Waals surface area contributed by atoms with Crippen molar-refractivity contribution in [3.63, 3.8) is 0 Å². The highest BCUT2D eigenvalue weighted by Gasteiger charge is 2.21. The van der Waals surface area contributed by atoms with Crippen molar-refractivity contribution in [2.45, 2.75) is 19.4 Å². The van der Waals surface area contributed by atoms with E-state index in [9.17, 15) is 18.0 Å². The monoisotopic (exact) mass is 217 g/mol. The quantitative estimate of drug-likeness (QED) is 0.621. The number of halogens is 3. The average molecular weight is 217 g/mol. The van der Waals surface area contributed by atoms with Crippen LogP contribution in [0.4, 0.5) is 13.2 Å². The Kier molecular flexibility index (Phi) is 3.47. The smallest absolute Gasteiger partial charge is 0.182 e. The van der Waals surface area contributed by atoms with Gasteiger partial charge in [0, 0.05) is 6.07 Å². The maximum Gasteiger partial charge on any atom is 0.182 e. The zero-order valence-electron chi connectivity index (χ0n) is 8.06. The first-order valence-electron chi connectivity index (χ1n) is 4.41. The lowest BCUT2D eigenvalue weighted by Crippen LogP contribution is -2.30. The molecule has 2 N–H and O–H groups in total. The molecule has 0 spiro atoms. The molecule has 1 atom stereocenters. The summed E-state index contributed by atoms with van der Waals surface area (Å²) in [6.45, 7) is 1.62. The largest absolute Gasteiger partial charge is 0.321 e. The Bertz CT molecular complexity index is 392. The second kappa shape index (κ2) is 4.44. The van der Waals surface area contributed by atoms with Crippen LogP contribution in [-0.2, 0) is 0 Å². The van der Waals surface area contributed by atoms with Gasteiger partial charge in [0.15, 0.2) is 17.4 Å². The van der Waals surface area contributed by atoms with Crippen molar-refractivity contribution < 1.29 is 18.0 Å². The van der Waals surface area contributed by atoms with E-state index in [-0.39, 0.29) is 6.42 Å². The highest BCUT2D eigenvalue weighted by Crippen LogP contribution is 2.16. The highest BCUT2D eigenvalue weighted by molar-refractivity contribution is 6.00. The van der Waals surface area contributed by atoms with E-state index in [4.69, 9.17) is 5.73 Å². The van der Waals surface area contributed by atoms with Crippen LogP contribution in [-0.4, -0.2) is 11.8 Å². The van der Waals surface area contributed by atoms with Gasteiger partial charge in [-0.2, -0.15) is 0 Å². The molecule has 0 bridgehead atoms. The maximum absolute atomic E-state index is 13.1. The molecule has 0 fully saturated rings. The Balaban J connectivity index is 3.19. The van der Waals surface area contributed by atoms with E-state index in [1.165, 1.54) is 0 Å². The van der Waals surface area contributed by atoms with Crippen LogP contribution in [0.2, 0.25) is 0 Å². The van der Waals surface area contributed by atoms with Gasteiger partial charge >= 0.3 is 0 Å². The van der Waals surface area contributed by atoms with Crippen molar-refractivity contribution in [2.75, 3.05) is 0 Å². The molecule has 1 unspecified atom stereocenters. The van der Waals surface area contributed by atoms with Gasteiger partial charge in [-0.25, -0.2) is 13.2 Å². The second-order valence-corrected chi connectivity index (χ2v) is 3.13. The van der Waals surface area contributed by atoms with Gasteiger partial charge in [-0.15, -0.1) is 0 Å². The molecule has 1 aromatic carbocycles. The molecule has 15 heavy (non-hydrogen) atoms. The summed E-state index contributed by atoms with van der Waals surface area (Å²) >= 11 is 0. The van der Waals surface area contributed by atoms with E-state index in [1.807, 2.05) is 0 Å². The van der Waals surface area contributed by atoms with Crippen LogP contribution < -0.4 is 5.73 Å². The van der Waals surface area contributed by atoms with E-state index in [0.717, 1.165) is 0 Å². The third-order valence-corrected chi connectivity index (χ3v) is 2.04. The lowest BCUT2D eigenvalue weighted by Gasteiger charge is -2.08. The number of Topliss-reactive ketones (excluding diaryl/α,β-unsaturated/α-hetero) is 1. The minimum absolute atomic E-state index is 0.274. The molecule has 0 amide bonds. The molecular weight excluding hydrogens is 207 g/mol. The van der Waals surface area contributed by atoms with E-state index in [1.54, 1.807) is 6.92 Å². The number of hydrogen-bond donors (Lipinski definition) is 1. The molecule has 82 valence electrons. The summed E-state index contributed by atoms with van der Waals surface area (Å²) in [5.74, 6) is -4.54. The Hall–Kier alpha value is -1.36. The Morgan fingerprint density at radius 3 is 2.53 bits per heavy atom. The normalized spacial score (nSPS) is 12.6. The first kappa shape index (κ1) is 11.7. The lowest BCUT2D eigenvalue weighted by atomic mass is 10.0.